The monoisotopic (exact) mass is 454 g/mol. The van der Waals surface area contributed by atoms with E-state index < -0.39 is 0 Å². The van der Waals surface area contributed by atoms with Crippen LogP contribution < -0.4 is 10.6 Å². The standard InChI is InChI=1S/C25H26N8O/c1-17-16-34-15-14-33(17)25-21-24(32(2)23(29-21)18-8-11-27-12-9-18)30-22(31-25)20(26)10-13-28-19-6-4-3-5-7-19/h3-13,17H,14-16,26H2,1-2H3. The van der Waals surface area contributed by atoms with Crippen molar-refractivity contribution in [1.29, 1.82) is 0 Å². The third kappa shape index (κ3) is 4.25. The van der Waals surface area contributed by atoms with Crippen molar-refractivity contribution in [2.45, 2.75) is 13.0 Å². The average molecular weight is 455 g/mol. The normalized spacial score (nSPS) is 17.1. The van der Waals surface area contributed by atoms with Crippen molar-refractivity contribution in [3.8, 4) is 11.4 Å². The van der Waals surface area contributed by atoms with Crippen molar-refractivity contribution < 1.29 is 4.74 Å². The Balaban J connectivity index is 1.62. The van der Waals surface area contributed by atoms with Gasteiger partial charge in [0.1, 0.15) is 5.82 Å². The fourth-order valence-corrected chi connectivity index (χ4v) is 3.97. The van der Waals surface area contributed by atoms with Gasteiger partial charge in [0.25, 0.3) is 0 Å². The molecule has 3 aromatic heterocycles. The molecule has 4 aromatic rings. The predicted octanol–water partition coefficient (Wildman–Crippen LogP) is 3.35. The summed E-state index contributed by atoms with van der Waals surface area (Å²) in [5, 5.41) is 0. The second-order valence-electron chi connectivity index (χ2n) is 8.13. The van der Waals surface area contributed by atoms with E-state index in [-0.39, 0.29) is 6.04 Å². The van der Waals surface area contributed by atoms with Crippen LogP contribution in [0.15, 0.2) is 65.9 Å². The Morgan fingerprint density at radius 2 is 1.91 bits per heavy atom. The molecule has 4 heterocycles. The number of para-hydroxylation sites is 1. The van der Waals surface area contributed by atoms with Crippen molar-refractivity contribution in [3.05, 3.63) is 66.8 Å². The third-order valence-corrected chi connectivity index (χ3v) is 5.77. The number of benzene rings is 1. The molecule has 1 unspecified atom stereocenters. The highest BCUT2D eigenvalue weighted by Gasteiger charge is 2.26. The van der Waals surface area contributed by atoms with E-state index in [0.29, 0.717) is 36.9 Å². The van der Waals surface area contributed by atoms with Gasteiger partial charge in [-0.05, 0) is 37.3 Å². The van der Waals surface area contributed by atoms with Crippen molar-refractivity contribution in [2.24, 2.45) is 17.8 Å². The number of pyridine rings is 1. The molecule has 1 saturated heterocycles. The smallest absolute Gasteiger partial charge is 0.179 e. The van der Waals surface area contributed by atoms with Gasteiger partial charge in [0.15, 0.2) is 22.8 Å². The van der Waals surface area contributed by atoms with Crippen molar-refractivity contribution >= 4 is 34.6 Å². The first kappa shape index (κ1) is 21.7. The molecule has 0 bridgehead atoms. The van der Waals surface area contributed by atoms with E-state index in [1.807, 2.05) is 54.1 Å². The van der Waals surface area contributed by atoms with Gasteiger partial charge in [-0.3, -0.25) is 9.98 Å². The van der Waals surface area contributed by atoms with Crippen LogP contribution >= 0.6 is 0 Å². The number of nitrogens with zero attached hydrogens (tertiary/aromatic N) is 7. The number of anilines is 1. The van der Waals surface area contributed by atoms with Gasteiger partial charge in [0, 0.05) is 37.8 Å². The number of morpholine rings is 1. The fourth-order valence-electron chi connectivity index (χ4n) is 3.97. The lowest BCUT2D eigenvalue weighted by Gasteiger charge is -2.34. The van der Waals surface area contributed by atoms with Crippen LogP contribution in [-0.4, -0.2) is 56.5 Å². The number of allylic oxidation sites excluding steroid dienone is 1. The molecule has 1 fully saturated rings. The Hall–Kier alpha value is -4.11. The number of aliphatic imine (C=N–C) groups is 1. The molecule has 0 radical (unpaired) electrons. The van der Waals surface area contributed by atoms with Gasteiger partial charge in [-0.25, -0.2) is 15.0 Å². The first-order valence-corrected chi connectivity index (χ1v) is 11.2. The minimum Gasteiger partial charge on any atom is -0.396 e. The number of hydrogen-bond donors (Lipinski definition) is 1. The molecule has 1 aliphatic rings. The molecule has 9 nitrogen and oxygen atoms in total. The summed E-state index contributed by atoms with van der Waals surface area (Å²) in [4.78, 5) is 25.4. The summed E-state index contributed by atoms with van der Waals surface area (Å²) in [6.45, 7) is 4.09. The highest BCUT2D eigenvalue weighted by molar-refractivity contribution is 5.90. The van der Waals surface area contributed by atoms with Gasteiger partial charge in [-0.2, -0.15) is 0 Å². The summed E-state index contributed by atoms with van der Waals surface area (Å²) in [7, 11) is 1.95. The van der Waals surface area contributed by atoms with Gasteiger partial charge < -0.3 is 19.9 Å². The SMILES string of the molecule is CC1COCCN1c1nc(C(N)=CC=Nc2ccccc2)nc2c1nc(-c1ccncc1)n2C. The van der Waals surface area contributed by atoms with Crippen molar-refractivity contribution in [2.75, 3.05) is 24.7 Å². The Kier molecular flexibility index (Phi) is 6.01. The number of rotatable bonds is 5. The Labute approximate surface area is 197 Å². The summed E-state index contributed by atoms with van der Waals surface area (Å²) in [5.74, 6) is 1.98. The molecule has 0 amide bonds. The number of aromatic nitrogens is 5. The van der Waals surface area contributed by atoms with Crippen LogP contribution in [0.1, 0.15) is 12.7 Å². The van der Waals surface area contributed by atoms with Gasteiger partial charge >= 0.3 is 0 Å². The van der Waals surface area contributed by atoms with Gasteiger partial charge in [-0.1, -0.05) is 18.2 Å². The molecular weight excluding hydrogens is 428 g/mol. The molecule has 1 aliphatic heterocycles. The average Bonchev–Trinajstić information content (AvgIpc) is 3.21. The van der Waals surface area contributed by atoms with Crippen LogP contribution in [0.25, 0.3) is 28.2 Å². The quantitative estimate of drug-likeness (QED) is 0.461. The van der Waals surface area contributed by atoms with Crippen molar-refractivity contribution in [1.82, 2.24) is 24.5 Å². The second kappa shape index (κ2) is 9.40. The van der Waals surface area contributed by atoms with Crippen molar-refractivity contribution in [3.63, 3.8) is 0 Å². The molecular formula is C25H26N8O. The van der Waals surface area contributed by atoms with E-state index in [1.165, 1.54) is 0 Å². The summed E-state index contributed by atoms with van der Waals surface area (Å²) >= 11 is 0. The predicted molar refractivity (Wildman–Crippen MR) is 134 cm³/mol. The van der Waals surface area contributed by atoms with E-state index in [9.17, 15) is 0 Å². The fraction of sp³-hybridized carbons (Fsp3) is 0.240. The van der Waals surface area contributed by atoms with Gasteiger partial charge in [-0.15, -0.1) is 0 Å². The highest BCUT2D eigenvalue weighted by atomic mass is 16.5. The maximum atomic E-state index is 6.41. The van der Waals surface area contributed by atoms with E-state index in [1.54, 1.807) is 24.7 Å². The van der Waals surface area contributed by atoms with Crippen LogP contribution in [-0.2, 0) is 11.8 Å². The molecule has 172 valence electrons. The number of fused-ring (bicyclic) bond motifs is 1. The molecule has 5 rings (SSSR count). The summed E-state index contributed by atoms with van der Waals surface area (Å²) in [6.07, 6.45) is 6.90. The zero-order valence-electron chi connectivity index (χ0n) is 19.2. The summed E-state index contributed by atoms with van der Waals surface area (Å²) in [6, 6.07) is 13.7. The molecule has 9 heteroatoms. The lowest BCUT2D eigenvalue weighted by molar-refractivity contribution is 0.0986. The zero-order valence-corrected chi connectivity index (χ0v) is 19.2. The third-order valence-electron chi connectivity index (χ3n) is 5.77. The van der Waals surface area contributed by atoms with Gasteiger partial charge in [0.05, 0.1) is 30.6 Å². The van der Waals surface area contributed by atoms with Crippen LogP contribution in [0.3, 0.4) is 0 Å². The summed E-state index contributed by atoms with van der Waals surface area (Å²) < 4.78 is 7.61. The van der Waals surface area contributed by atoms with E-state index in [4.69, 9.17) is 25.4 Å². The van der Waals surface area contributed by atoms with E-state index >= 15 is 0 Å². The minimum absolute atomic E-state index is 0.149. The lowest BCUT2D eigenvalue weighted by Crippen LogP contribution is -2.44. The van der Waals surface area contributed by atoms with E-state index in [2.05, 4.69) is 21.8 Å². The highest BCUT2D eigenvalue weighted by Crippen LogP contribution is 2.30. The first-order valence-electron chi connectivity index (χ1n) is 11.2. The maximum absolute atomic E-state index is 6.41. The van der Waals surface area contributed by atoms with Crippen LogP contribution in [0.2, 0.25) is 0 Å². The summed E-state index contributed by atoms with van der Waals surface area (Å²) in [5.41, 5.74) is 10.1. The maximum Gasteiger partial charge on any atom is 0.179 e. The molecule has 0 spiro atoms. The number of hydrogen-bond acceptors (Lipinski definition) is 8. The number of ether oxygens (including phenoxy) is 1. The largest absolute Gasteiger partial charge is 0.396 e. The second-order valence-corrected chi connectivity index (χ2v) is 8.13. The Morgan fingerprint density at radius 3 is 2.68 bits per heavy atom. The topological polar surface area (TPSA) is 107 Å². The molecule has 34 heavy (non-hydrogen) atoms. The molecule has 2 N–H and O–H groups in total. The zero-order chi connectivity index (χ0) is 23.5. The van der Waals surface area contributed by atoms with Gasteiger partial charge in [0.2, 0.25) is 0 Å². The molecule has 0 aliphatic carbocycles. The molecule has 1 atom stereocenters. The number of aryl methyl sites for hydroxylation is 1. The Bertz CT molecular complexity index is 1350. The lowest BCUT2D eigenvalue weighted by atomic mass is 10.2. The molecule has 0 saturated carbocycles. The van der Waals surface area contributed by atoms with E-state index in [0.717, 1.165) is 28.4 Å². The first-order chi connectivity index (χ1) is 16.6. The Morgan fingerprint density at radius 1 is 1.12 bits per heavy atom. The van der Waals surface area contributed by atoms with Crippen LogP contribution in [0, 0.1) is 0 Å². The number of imidazole rings is 1. The minimum atomic E-state index is 0.149. The van der Waals surface area contributed by atoms with Crippen LogP contribution in [0.5, 0.6) is 0 Å². The molecule has 1 aromatic carbocycles. The number of nitrogens with two attached hydrogens (primary N) is 1. The van der Waals surface area contributed by atoms with Crippen LogP contribution in [0.4, 0.5) is 11.5 Å².